The van der Waals surface area contributed by atoms with Crippen LogP contribution in [0.5, 0.6) is 5.75 Å². The molecule has 3 rings (SSSR count). The lowest BCUT2D eigenvalue weighted by Gasteiger charge is -2.22. The molecule has 1 heterocycles. The number of hydrogen-bond donors (Lipinski definition) is 2. The molecule has 0 unspecified atom stereocenters. The quantitative estimate of drug-likeness (QED) is 0.630. The largest absolute Gasteiger partial charge is 0.494 e. The fourth-order valence-corrected chi connectivity index (χ4v) is 3.64. The highest BCUT2D eigenvalue weighted by Gasteiger charge is 2.25. The van der Waals surface area contributed by atoms with Gasteiger partial charge in [-0.3, -0.25) is 14.4 Å². The molecule has 1 aliphatic heterocycles. The molecule has 0 saturated carbocycles. The zero-order valence-electron chi connectivity index (χ0n) is 18.9. The Morgan fingerprint density at radius 2 is 1.75 bits per heavy atom. The van der Waals surface area contributed by atoms with Crippen LogP contribution in [0, 0.1) is 5.92 Å². The predicted octanol–water partition coefficient (Wildman–Crippen LogP) is 3.28. The van der Waals surface area contributed by atoms with Gasteiger partial charge in [0.2, 0.25) is 11.8 Å². The number of anilines is 1. The maximum atomic E-state index is 12.8. The van der Waals surface area contributed by atoms with Gasteiger partial charge in [-0.05, 0) is 61.2 Å². The van der Waals surface area contributed by atoms with Gasteiger partial charge in [0.25, 0.3) is 5.91 Å². The van der Waals surface area contributed by atoms with Crippen molar-refractivity contribution in [3.63, 3.8) is 0 Å². The fourth-order valence-electron chi connectivity index (χ4n) is 3.64. The van der Waals surface area contributed by atoms with Gasteiger partial charge in [-0.15, -0.1) is 0 Å². The third-order valence-corrected chi connectivity index (χ3v) is 5.45. The molecule has 1 saturated heterocycles. The first-order chi connectivity index (χ1) is 15.4. The number of nitrogens with zero attached hydrogens (tertiary/aromatic N) is 1. The molecule has 32 heavy (non-hydrogen) atoms. The van der Waals surface area contributed by atoms with Crippen LogP contribution in [0.4, 0.5) is 5.69 Å². The van der Waals surface area contributed by atoms with Crippen molar-refractivity contribution >= 4 is 23.4 Å². The second-order valence-electron chi connectivity index (χ2n) is 8.19. The topological polar surface area (TPSA) is 87.7 Å². The summed E-state index contributed by atoms with van der Waals surface area (Å²) < 4.78 is 5.40. The highest BCUT2D eigenvalue weighted by Crippen LogP contribution is 2.21. The van der Waals surface area contributed by atoms with E-state index in [9.17, 15) is 14.4 Å². The molecule has 2 aromatic carbocycles. The van der Waals surface area contributed by atoms with E-state index in [1.54, 1.807) is 29.2 Å². The first kappa shape index (κ1) is 23.3. The van der Waals surface area contributed by atoms with Gasteiger partial charge >= 0.3 is 0 Å². The maximum absolute atomic E-state index is 12.8. The fraction of sp³-hybridized carbons (Fsp3) is 0.400. The minimum Gasteiger partial charge on any atom is -0.494 e. The van der Waals surface area contributed by atoms with Gasteiger partial charge in [0, 0.05) is 30.8 Å². The van der Waals surface area contributed by atoms with Crippen molar-refractivity contribution in [2.75, 3.05) is 18.1 Å². The Morgan fingerprint density at radius 1 is 1.06 bits per heavy atom. The number of carbonyl (C=O) groups excluding carboxylic acids is 3. The maximum Gasteiger partial charge on any atom is 0.251 e. The Bertz CT molecular complexity index is 939. The number of amides is 3. The molecule has 0 spiro atoms. The van der Waals surface area contributed by atoms with Gasteiger partial charge in [-0.2, -0.15) is 0 Å². The Labute approximate surface area is 189 Å². The summed E-state index contributed by atoms with van der Waals surface area (Å²) in [5.74, 6) is 0.223. The molecule has 0 radical (unpaired) electrons. The average Bonchev–Trinajstić information content (AvgIpc) is 3.22. The Balaban J connectivity index is 1.56. The van der Waals surface area contributed by atoms with E-state index >= 15 is 0 Å². The Kier molecular flexibility index (Phi) is 7.87. The molecule has 2 aromatic rings. The van der Waals surface area contributed by atoms with Crippen LogP contribution in [0.2, 0.25) is 0 Å². The number of rotatable bonds is 9. The first-order valence-corrected chi connectivity index (χ1v) is 11.1. The summed E-state index contributed by atoms with van der Waals surface area (Å²) >= 11 is 0. The van der Waals surface area contributed by atoms with Crippen LogP contribution in [-0.4, -0.2) is 36.9 Å². The van der Waals surface area contributed by atoms with E-state index in [4.69, 9.17) is 4.74 Å². The smallest absolute Gasteiger partial charge is 0.251 e. The molecule has 7 heteroatoms. The van der Waals surface area contributed by atoms with E-state index in [-0.39, 0.29) is 23.6 Å². The van der Waals surface area contributed by atoms with Crippen LogP contribution in [-0.2, 0) is 16.1 Å². The molecule has 0 aliphatic carbocycles. The van der Waals surface area contributed by atoms with Crippen molar-refractivity contribution < 1.29 is 19.1 Å². The third-order valence-electron chi connectivity index (χ3n) is 5.45. The van der Waals surface area contributed by atoms with Crippen LogP contribution in [0.25, 0.3) is 0 Å². The van der Waals surface area contributed by atoms with E-state index in [0.717, 1.165) is 24.2 Å². The molecule has 170 valence electrons. The van der Waals surface area contributed by atoms with Gasteiger partial charge in [0.15, 0.2) is 0 Å². The van der Waals surface area contributed by atoms with Crippen molar-refractivity contribution in [3.05, 3.63) is 59.7 Å². The zero-order chi connectivity index (χ0) is 23.1. The number of nitrogens with one attached hydrogen (secondary N) is 2. The van der Waals surface area contributed by atoms with Crippen LogP contribution < -0.4 is 20.3 Å². The number of ether oxygens (including phenoxy) is 1. The SMILES string of the molecule is CCOc1ccc(C(=O)N[C@H](C(=O)NCc2ccc(N3CCCC3=O)cc2)C(C)C)cc1. The van der Waals surface area contributed by atoms with E-state index < -0.39 is 6.04 Å². The number of hydrogen-bond acceptors (Lipinski definition) is 4. The van der Waals surface area contributed by atoms with E-state index in [2.05, 4.69) is 10.6 Å². The Hall–Kier alpha value is -3.35. The third kappa shape index (κ3) is 5.87. The molecule has 7 nitrogen and oxygen atoms in total. The van der Waals surface area contributed by atoms with Crippen LogP contribution >= 0.6 is 0 Å². The second-order valence-corrected chi connectivity index (χ2v) is 8.19. The summed E-state index contributed by atoms with van der Waals surface area (Å²) in [5, 5.41) is 5.74. The van der Waals surface area contributed by atoms with Crippen LogP contribution in [0.15, 0.2) is 48.5 Å². The van der Waals surface area contributed by atoms with Crippen molar-refractivity contribution in [3.8, 4) is 5.75 Å². The van der Waals surface area contributed by atoms with E-state index in [1.165, 1.54) is 0 Å². The lowest BCUT2D eigenvalue weighted by atomic mass is 10.0. The van der Waals surface area contributed by atoms with Gasteiger partial charge < -0.3 is 20.3 Å². The van der Waals surface area contributed by atoms with Crippen molar-refractivity contribution in [1.29, 1.82) is 0 Å². The lowest BCUT2D eigenvalue weighted by molar-refractivity contribution is -0.124. The summed E-state index contributed by atoms with van der Waals surface area (Å²) in [6.07, 6.45) is 1.48. The van der Waals surface area contributed by atoms with Crippen LogP contribution in [0.3, 0.4) is 0 Å². The molecule has 0 bridgehead atoms. The summed E-state index contributed by atoms with van der Waals surface area (Å²) in [6.45, 7) is 7.33. The van der Waals surface area contributed by atoms with E-state index in [0.29, 0.717) is 30.9 Å². The second kappa shape index (κ2) is 10.8. The molecule has 3 amide bonds. The number of carbonyl (C=O) groups is 3. The standard InChI is InChI=1S/C25H31N3O4/c1-4-32-21-13-9-19(10-14-21)24(30)27-23(17(2)3)25(31)26-16-18-7-11-20(12-8-18)28-15-5-6-22(28)29/h7-14,17,23H,4-6,15-16H2,1-3H3,(H,26,31)(H,27,30)/t23-/m0/s1. The summed E-state index contributed by atoms with van der Waals surface area (Å²) in [6, 6.07) is 13.8. The van der Waals surface area contributed by atoms with E-state index in [1.807, 2.05) is 45.0 Å². The van der Waals surface area contributed by atoms with Gasteiger partial charge in [-0.1, -0.05) is 26.0 Å². The number of benzene rings is 2. The van der Waals surface area contributed by atoms with Crippen LogP contribution in [0.1, 0.15) is 49.5 Å². The highest BCUT2D eigenvalue weighted by molar-refractivity contribution is 5.97. The minimum absolute atomic E-state index is 0.0785. The zero-order valence-corrected chi connectivity index (χ0v) is 18.9. The first-order valence-electron chi connectivity index (χ1n) is 11.1. The Morgan fingerprint density at radius 3 is 2.31 bits per heavy atom. The highest BCUT2D eigenvalue weighted by atomic mass is 16.5. The molecular formula is C25H31N3O4. The average molecular weight is 438 g/mol. The monoisotopic (exact) mass is 437 g/mol. The molecule has 1 atom stereocenters. The van der Waals surface area contributed by atoms with Crippen molar-refractivity contribution in [2.45, 2.75) is 46.2 Å². The molecular weight excluding hydrogens is 406 g/mol. The molecule has 0 aromatic heterocycles. The van der Waals surface area contributed by atoms with Crippen molar-refractivity contribution in [2.24, 2.45) is 5.92 Å². The van der Waals surface area contributed by atoms with Gasteiger partial charge in [0.05, 0.1) is 6.61 Å². The lowest BCUT2D eigenvalue weighted by Crippen LogP contribution is -2.49. The van der Waals surface area contributed by atoms with Gasteiger partial charge in [-0.25, -0.2) is 0 Å². The molecule has 1 aliphatic rings. The van der Waals surface area contributed by atoms with Crippen molar-refractivity contribution in [1.82, 2.24) is 10.6 Å². The summed E-state index contributed by atoms with van der Waals surface area (Å²) in [4.78, 5) is 39.1. The summed E-state index contributed by atoms with van der Waals surface area (Å²) in [7, 11) is 0. The molecule has 1 fully saturated rings. The normalized spacial score (nSPS) is 14.4. The van der Waals surface area contributed by atoms with Gasteiger partial charge in [0.1, 0.15) is 11.8 Å². The summed E-state index contributed by atoms with van der Waals surface area (Å²) in [5.41, 5.74) is 2.28. The molecule has 2 N–H and O–H groups in total. The minimum atomic E-state index is -0.657. The predicted molar refractivity (Wildman–Crippen MR) is 124 cm³/mol.